The molecule has 0 aromatic heterocycles. The minimum absolute atomic E-state index is 0.208. The van der Waals surface area contributed by atoms with E-state index in [1.54, 1.807) is 12.1 Å². The molecule has 0 spiro atoms. The van der Waals surface area contributed by atoms with Gasteiger partial charge in [-0.15, -0.1) is 0 Å². The Balaban J connectivity index is 2.26. The van der Waals surface area contributed by atoms with Gasteiger partial charge in [-0.25, -0.2) is 0 Å². The van der Waals surface area contributed by atoms with Crippen LogP contribution in [0.1, 0.15) is 183 Å². The minimum Gasteiger partial charge on any atom is -0.508 e. The molecule has 1 aromatic rings. The minimum atomic E-state index is 0.208. The van der Waals surface area contributed by atoms with E-state index in [0.29, 0.717) is 12.0 Å². The van der Waals surface area contributed by atoms with E-state index in [0.717, 1.165) is 89.0 Å². The van der Waals surface area contributed by atoms with Gasteiger partial charge in [0.2, 0.25) is 0 Å². The fourth-order valence-electron chi connectivity index (χ4n) is 6.50. The molecule has 0 amide bonds. The van der Waals surface area contributed by atoms with Gasteiger partial charge in [0.25, 0.3) is 0 Å². The maximum Gasteiger partial charge on any atom is 0.122 e. The third-order valence-corrected chi connectivity index (χ3v) is 10.3. The lowest BCUT2D eigenvalue weighted by Gasteiger charge is -2.07. The van der Waals surface area contributed by atoms with Crippen LogP contribution in [0.15, 0.2) is 117 Å². The molecule has 0 atom stereocenters. The van der Waals surface area contributed by atoms with Crippen molar-refractivity contribution >= 4 is 0 Å². The van der Waals surface area contributed by atoms with Crippen LogP contribution < -0.4 is 0 Å². The molecule has 0 aliphatic heterocycles. The number of rotatable bonds is 26. The lowest BCUT2D eigenvalue weighted by atomic mass is 10.0. The highest BCUT2D eigenvalue weighted by atomic mass is 16.3. The van der Waals surface area contributed by atoms with Crippen molar-refractivity contribution in [1.82, 2.24) is 0 Å². The summed E-state index contributed by atoms with van der Waals surface area (Å²) in [5, 5.41) is 20.1. The molecule has 0 unspecified atom stereocenters. The summed E-state index contributed by atoms with van der Waals surface area (Å²) >= 11 is 0. The van der Waals surface area contributed by atoms with Gasteiger partial charge in [0, 0.05) is 5.56 Å². The summed E-state index contributed by atoms with van der Waals surface area (Å²) in [6.07, 6.45) is 40.3. The molecule has 0 fully saturated rings. The lowest BCUT2D eigenvalue weighted by Crippen LogP contribution is -1.88. The summed E-state index contributed by atoms with van der Waals surface area (Å²) in [5.74, 6) is 0.492. The Bertz CT molecular complexity index is 1540. The van der Waals surface area contributed by atoms with E-state index in [4.69, 9.17) is 0 Å². The monoisotopic (exact) mass is 737 g/mol. The third-order valence-electron chi connectivity index (χ3n) is 10.3. The summed E-state index contributed by atoms with van der Waals surface area (Å²) in [4.78, 5) is 0. The Morgan fingerprint density at radius 3 is 0.926 bits per heavy atom. The van der Waals surface area contributed by atoms with E-state index in [1.807, 2.05) is 6.92 Å². The molecule has 0 aliphatic carbocycles. The smallest absolute Gasteiger partial charge is 0.122 e. The number of phenolic OH excluding ortho intramolecular Hbond substituents is 2. The first kappa shape index (κ1) is 48.5. The second-order valence-electron chi connectivity index (χ2n) is 16.5. The van der Waals surface area contributed by atoms with Crippen molar-refractivity contribution in [1.29, 1.82) is 0 Å². The molecule has 1 rings (SSSR count). The van der Waals surface area contributed by atoms with Crippen molar-refractivity contribution in [3.05, 3.63) is 128 Å². The molecule has 0 aliphatic rings. The predicted molar refractivity (Wildman–Crippen MR) is 242 cm³/mol. The van der Waals surface area contributed by atoms with Crippen LogP contribution in [0.3, 0.4) is 0 Å². The van der Waals surface area contributed by atoms with Crippen molar-refractivity contribution < 1.29 is 10.2 Å². The van der Waals surface area contributed by atoms with Crippen LogP contribution in [-0.2, 0) is 6.42 Å². The zero-order valence-corrected chi connectivity index (χ0v) is 36.8. The zero-order chi connectivity index (χ0) is 40.3. The first-order chi connectivity index (χ1) is 25.7. The summed E-state index contributed by atoms with van der Waals surface area (Å²) < 4.78 is 0. The predicted octanol–water partition coefficient (Wildman–Crippen LogP) is 16.7. The van der Waals surface area contributed by atoms with Crippen LogP contribution in [0.4, 0.5) is 0 Å². The highest BCUT2D eigenvalue weighted by molar-refractivity contribution is 5.46. The van der Waals surface area contributed by atoms with Gasteiger partial charge in [-0.05, 0) is 203 Å². The maximum absolute atomic E-state index is 10.3. The van der Waals surface area contributed by atoms with Gasteiger partial charge < -0.3 is 10.2 Å². The van der Waals surface area contributed by atoms with Crippen molar-refractivity contribution in [2.75, 3.05) is 0 Å². The number of benzene rings is 1. The van der Waals surface area contributed by atoms with E-state index in [2.05, 4.69) is 124 Å². The van der Waals surface area contributed by atoms with E-state index in [-0.39, 0.29) is 11.5 Å². The molecule has 1 aromatic carbocycles. The molecular weight excluding hydrogens is 657 g/mol. The van der Waals surface area contributed by atoms with Crippen LogP contribution in [0.5, 0.6) is 11.5 Å². The van der Waals surface area contributed by atoms with E-state index < -0.39 is 0 Å². The van der Waals surface area contributed by atoms with E-state index in [9.17, 15) is 10.2 Å². The van der Waals surface area contributed by atoms with Crippen molar-refractivity contribution in [2.24, 2.45) is 0 Å². The molecule has 0 bridgehead atoms. The molecular formula is C52H80O2. The lowest BCUT2D eigenvalue weighted by molar-refractivity contribution is 0.451. The largest absolute Gasteiger partial charge is 0.508 e. The Kier molecular flexibility index (Phi) is 25.9. The summed E-state index contributed by atoms with van der Waals surface area (Å²) in [6.45, 7) is 24.3. The Labute approximate surface area is 334 Å². The van der Waals surface area contributed by atoms with Gasteiger partial charge in [0.15, 0.2) is 0 Å². The maximum atomic E-state index is 10.3. The number of hydrogen-bond donors (Lipinski definition) is 2. The molecule has 0 saturated heterocycles. The molecule has 2 heteroatoms. The van der Waals surface area contributed by atoms with Crippen molar-refractivity contribution in [3.8, 4) is 11.5 Å². The quantitative estimate of drug-likeness (QED) is 0.0734. The van der Waals surface area contributed by atoms with Gasteiger partial charge in [0.1, 0.15) is 11.5 Å². The fraction of sp³-hybridized carbons (Fsp3) is 0.538. The van der Waals surface area contributed by atoms with Gasteiger partial charge >= 0.3 is 0 Å². The summed E-state index contributed by atoms with van der Waals surface area (Å²) in [5.41, 5.74) is 14.7. The van der Waals surface area contributed by atoms with Crippen molar-refractivity contribution in [2.45, 2.75) is 185 Å². The highest BCUT2D eigenvalue weighted by Gasteiger charge is 2.06. The van der Waals surface area contributed by atoms with E-state index in [1.165, 1.54) is 69.4 Å². The van der Waals surface area contributed by atoms with Gasteiger partial charge in [-0.2, -0.15) is 0 Å². The molecule has 0 saturated carbocycles. The zero-order valence-electron chi connectivity index (χ0n) is 36.8. The number of allylic oxidation sites excluding steroid dienone is 18. The Hall–Kier alpha value is -3.52. The van der Waals surface area contributed by atoms with Gasteiger partial charge in [0.05, 0.1) is 0 Å². The Morgan fingerprint density at radius 1 is 0.389 bits per heavy atom. The summed E-state index contributed by atoms with van der Waals surface area (Å²) in [7, 11) is 0. The van der Waals surface area contributed by atoms with Gasteiger partial charge in [-0.1, -0.05) is 105 Å². The molecule has 0 radical (unpaired) electrons. The number of aryl methyl sites for hydroxylation is 1. The molecule has 2 N–H and O–H groups in total. The van der Waals surface area contributed by atoms with Crippen LogP contribution >= 0.6 is 0 Å². The number of phenols is 2. The molecule has 2 nitrogen and oxygen atoms in total. The second kappa shape index (κ2) is 28.9. The van der Waals surface area contributed by atoms with Crippen molar-refractivity contribution in [3.63, 3.8) is 0 Å². The molecule has 0 heterocycles. The second-order valence-corrected chi connectivity index (χ2v) is 16.5. The highest BCUT2D eigenvalue weighted by Crippen LogP contribution is 2.28. The third kappa shape index (κ3) is 25.5. The number of aromatic hydroxyl groups is 2. The standard InChI is InChI=1S/C52H80O2/c1-40(2)20-12-21-41(3)22-13-23-42(4)24-14-25-43(5)26-15-27-44(6)28-16-29-45(7)30-17-31-46(8)32-18-33-47(9)34-19-35-48(10)36-37-50-39-51(53)38-49(11)52(50)54/h20,22,24,26,28,30,32,34,36,38-39,53-54H,12-19,21,23,25,27,29,31,33,35,37H2,1-11H3/b41-22+,42-24+,43-26+,44-28+,45-30+,46-32+,47-34+,48-36+. The topological polar surface area (TPSA) is 40.5 Å². The first-order valence-electron chi connectivity index (χ1n) is 21.1. The van der Waals surface area contributed by atoms with Crippen LogP contribution in [0.2, 0.25) is 0 Å². The first-order valence-corrected chi connectivity index (χ1v) is 21.1. The fourth-order valence-corrected chi connectivity index (χ4v) is 6.50. The average molecular weight is 737 g/mol. The summed E-state index contributed by atoms with van der Waals surface area (Å²) in [6, 6.07) is 3.25. The van der Waals surface area contributed by atoms with Crippen LogP contribution in [0, 0.1) is 6.92 Å². The van der Waals surface area contributed by atoms with Crippen LogP contribution in [0.25, 0.3) is 0 Å². The molecule has 300 valence electrons. The molecule has 54 heavy (non-hydrogen) atoms. The van der Waals surface area contributed by atoms with E-state index >= 15 is 0 Å². The number of hydrogen-bond acceptors (Lipinski definition) is 2. The average Bonchev–Trinajstić information content (AvgIpc) is 3.09. The Morgan fingerprint density at radius 2 is 0.648 bits per heavy atom. The van der Waals surface area contributed by atoms with Gasteiger partial charge in [-0.3, -0.25) is 0 Å². The normalized spacial score (nSPS) is 14.3. The SMILES string of the molecule is CC(C)=CCC/C(C)=C/CC/C(C)=C/CC/C(C)=C/CC/C(C)=C/CC/C(C)=C/CC/C(C)=C/CC/C(C)=C/CC/C(C)=C/Cc1cc(O)cc(C)c1O. The van der Waals surface area contributed by atoms with Crippen LogP contribution in [-0.4, -0.2) is 10.2 Å².